The van der Waals surface area contributed by atoms with Gasteiger partial charge in [-0.05, 0) is 73.2 Å². The number of urea groups is 1. The van der Waals surface area contributed by atoms with Gasteiger partial charge in [0.25, 0.3) is 0 Å². The number of unbranched alkanes of at least 4 members (excludes halogenated alkanes) is 1. The van der Waals surface area contributed by atoms with Crippen LogP contribution in [0.2, 0.25) is 0 Å². The Bertz CT molecular complexity index is 1170. The van der Waals surface area contributed by atoms with Gasteiger partial charge in [-0.1, -0.05) is 25.5 Å². The van der Waals surface area contributed by atoms with Crippen LogP contribution in [0.4, 0.5) is 10.5 Å². The average molecular weight is 554 g/mol. The molecule has 0 aliphatic rings. The highest BCUT2D eigenvalue weighted by Gasteiger charge is 2.22. The van der Waals surface area contributed by atoms with Gasteiger partial charge in [0, 0.05) is 23.7 Å². The van der Waals surface area contributed by atoms with E-state index in [1.807, 2.05) is 59.7 Å². The lowest BCUT2D eigenvalue weighted by Gasteiger charge is -2.28. The minimum absolute atomic E-state index is 0.000170. The number of nitrogens with one attached hydrogen (secondary N) is 1. The third-order valence-corrected chi connectivity index (χ3v) is 7.07. The normalized spacial score (nSPS) is 10.6. The molecule has 0 radical (unpaired) electrons. The van der Waals surface area contributed by atoms with Crippen molar-refractivity contribution < 1.29 is 23.8 Å². The van der Waals surface area contributed by atoms with E-state index in [-0.39, 0.29) is 18.5 Å². The number of carbonyl (C=O) groups is 2. The fraction of sp³-hybridized carbons (Fsp3) is 0.400. The van der Waals surface area contributed by atoms with Crippen LogP contribution in [0.5, 0.6) is 17.2 Å². The standard InChI is InChI=1S/C30H39N3O5S/c1-5-7-17-33(30(35)31-24-11-13-25(14-12-24)38-6-2)22-29(34)32(21-26-9-8-19-39-26)18-16-23-10-15-27(36-3)28(20-23)37-4/h8-15,19-20H,5-7,16-18,21-22H2,1-4H3,(H,31,35). The Morgan fingerprint density at radius 1 is 0.923 bits per heavy atom. The molecule has 9 heteroatoms. The Morgan fingerprint density at radius 3 is 2.33 bits per heavy atom. The first-order chi connectivity index (χ1) is 19.0. The number of rotatable bonds is 15. The zero-order chi connectivity index (χ0) is 28.0. The van der Waals surface area contributed by atoms with Crippen molar-refractivity contribution in [3.05, 3.63) is 70.4 Å². The first-order valence-corrected chi connectivity index (χ1v) is 14.1. The molecule has 1 aromatic heterocycles. The number of benzene rings is 2. The molecular weight excluding hydrogens is 514 g/mol. The van der Waals surface area contributed by atoms with E-state index in [9.17, 15) is 9.59 Å². The van der Waals surface area contributed by atoms with Crippen LogP contribution in [0.15, 0.2) is 60.0 Å². The summed E-state index contributed by atoms with van der Waals surface area (Å²) in [5.74, 6) is 1.97. The molecule has 3 amide bonds. The largest absolute Gasteiger partial charge is 0.494 e. The lowest BCUT2D eigenvalue weighted by molar-refractivity contribution is -0.132. The second-order valence-electron chi connectivity index (χ2n) is 9.00. The Kier molecular flexibility index (Phi) is 12.0. The number of hydrogen-bond acceptors (Lipinski definition) is 6. The molecule has 210 valence electrons. The highest BCUT2D eigenvalue weighted by molar-refractivity contribution is 7.09. The second kappa shape index (κ2) is 15.6. The molecule has 0 atom stereocenters. The van der Waals surface area contributed by atoms with Crippen molar-refractivity contribution >= 4 is 29.0 Å². The molecule has 1 heterocycles. The quantitative estimate of drug-likeness (QED) is 0.247. The van der Waals surface area contributed by atoms with Gasteiger partial charge in [0.05, 0.1) is 27.4 Å². The van der Waals surface area contributed by atoms with Crippen LogP contribution >= 0.6 is 11.3 Å². The molecule has 0 saturated carbocycles. The summed E-state index contributed by atoms with van der Waals surface area (Å²) in [5.41, 5.74) is 1.69. The predicted molar refractivity (Wildman–Crippen MR) is 156 cm³/mol. The molecule has 0 saturated heterocycles. The van der Waals surface area contributed by atoms with Crippen LogP contribution < -0.4 is 19.5 Å². The maximum absolute atomic E-state index is 13.6. The number of ether oxygens (including phenoxy) is 3. The van der Waals surface area contributed by atoms with Gasteiger partial charge in [-0.25, -0.2) is 4.79 Å². The highest BCUT2D eigenvalue weighted by Crippen LogP contribution is 2.28. The van der Waals surface area contributed by atoms with Gasteiger partial charge in [-0.15, -0.1) is 11.3 Å². The molecule has 39 heavy (non-hydrogen) atoms. The molecule has 0 bridgehead atoms. The molecule has 8 nitrogen and oxygen atoms in total. The van der Waals surface area contributed by atoms with Crippen molar-refractivity contribution in [2.75, 3.05) is 45.8 Å². The predicted octanol–water partition coefficient (Wildman–Crippen LogP) is 6.07. The van der Waals surface area contributed by atoms with Crippen molar-refractivity contribution in [3.8, 4) is 17.2 Å². The van der Waals surface area contributed by atoms with E-state index >= 15 is 0 Å². The Labute approximate surface area is 235 Å². The van der Waals surface area contributed by atoms with Gasteiger partial charge in [0.15, 0.2) is 11.5 Å². The Hall–Kier alpha value is -3.72. The first kappa shape index (κ1) is 29.8. The second-order valence-corrected chi connectivity index (χ2v) is 10.0. The number of hydrogen-bond donors (Lipinski definition) is 1. The van der Waals surface area contributed by atoms with Crippen molar-refractivity contribution in [2.24, 2.45) is 0 Å². The summed E-state index contributed by atoms with van der Waals surface area (Å²) in [6.45, 7) is 6.06. The number of amides is 3. The van der Waals surface area contributed by atoms with E-state index in [0.29, 0.717) is 49.8 Å². The lowest BCUT2D eigenvalue weighted by Crippen LogP contribution is -2.45. The maximum Gasteiger partial charge on any atom is 0.322 e. The number of methoxy groups -OCH3 is 2. The Morgan fingerprint density at radius 2 is 1.69 bits per heavy atom. The van der Waals surface area contributed by atoms with E-state index in [1.54, 1.807) is 42.6 Å². The van der Waals surface area contributed by atoms with E-state index in [0.717, 1.165) is 29.0 Å². The molecule has 0 spiro atoms. The molecular formula is C30H39N3O5S. The van der Waals surface area contributed by atoms with Crippen LogP contribution in [0.1, 0.15) is 37.1 Å². The van der Waals surface area contributed by atoms with Crippen molar-refractivity contribution in [3.63, 3.8) is 0 Å². The third kappa shape index (κ3) is 9.21. The summed E-state index contributed by atoms with van der Waals surface area (Å²) in [6.07, 6.45) is 2.37. The summed E-state index contributed by atoms with van der Waals surface area (Å²) < 4.78 is 16.3. The SMILES string of the molecule is CCCCN(CC(=O)N(CCc1ccc(OC)c(OC)c1)Cc1cccs1)C(=O)Nc1ccc(OCC)cc1. The van der Waals surface area contributed by atoms with Gasteiger partial charge < -0.3 is 29.3 Å². The zero-order valence-electron chi connectivity index (χ0n) is 23.3. The fourth-order valence-corrected chi connectivity index (χ4v) is 4.77. The number of anilines is 1. The number of thiophene rings is 1. The summed E-state index contributed by atoms with van der Waals surface area (Å²) in [7, 11) is 3.22. The van der Waals surface area contributed by atoms with Crippen LogP contribution in [0.3, 0.4) is 0 Å². The lowest BCUT2D eigenvalue weighted by atomic mass is 10.1. The molecule has 0 unspecified atom stereocenters. The first-order valence-electron chi connectivity index (χ1n) is 13.3. The fourth-order valence-electron chi connectivity index (χ4n) is 4.05. The number of nitrogens with zero attached hydrogens (tertiary/aromatic N) is 2. The molecule has 0 aliphatic carbocycles. The summed E-state index contributed by atoms with van der Waals surface area (Å²) in [5, 5.41) is 4.93. The van der Waals surface area contributed by atoms with Gasteiger partial charge in [0.2, 0.25) is 5.91 Å². The molecule has 1 N–H and O–H groups in total. The molecule has 3 rings (SSSR count). The maximum atomic E-state index is 13.6. The molecule has 0 aliphatic heterocycles. The topological polar surface area (TPSA) is 80.3 Å². The van der Waals surface area contributed by atoms with Gasteiger partial charge >= 0.3 is 6.03 Å². The summed E-state index contributed by atoms with van der Waals surface area (Å²) in [4.78, 5) is 31.3. The molecule has 2 aromatic carbocycles. The van der Waals surface area contributed by atoms with Gasteiger partial charge in [0.1, 0.15) is 12.3 Å². The van der Waals surface area contributed by atoms with Crippen LogP contribution in [0.25, 0.3) is 0 Å². The van der Waals surface area contributed by atoms with Crippen LogP contribution in [-0.2, 0) is 17.8 Å². The minimum atomic E-state index is -0.295. The zero-order valence-corrected chi connectivity index (χ0v) is 24.1. The van der Waals surface area contributed by atoms with E-state index < -0.39 is 0 Å². The summed E-state index contributed by atoms with van der Waals surface area (Å²) >= 11 is 1.61. The monoisotopic (exact) mass is 553 g/mol. The minimum Gasteiger partial charge on any atom is -0.494 e. The van der Waals surface area contributed by atoms with E-state index in [2.05, 4.69) is 12.2 Å². The van der Waals surface area contributed by atoms with Crippen LogP contribution in [0, 0.1) is 0 Å². The van der Waals surface area contributed by atoms with Crippen molar-refractivity contribution in [1.82, 2.24) is 9.80 Å². The highest BCUT2D eigenvalue weighted by atomic mass is 32.1. The van der Waals surface area contributed by atoms with Gasteiger partial charge in [-0.3, -0.25) is 4.79 Å². The van der Waals surface area contributed by atoms with Crippen molar-refractivity contribution in [2.45, 2.75) is 39.7 Å². The van der Waals surface area contributed by atoms with Crippen LogP contribution in [-0.4, -0.2) is 62.2 Å². The smallest absolute Gasteiger partial charge is 0.322 e. The van der Waals surface area contributed by atoms with Gasteiger partial charge in [-0.2, -0.15) is 0 Å². The number of carbonyl (C=O) groups excluding carboxylic acids is 2. The van der Waals surface area contributed by atoms with Crippen molar-refractivity contribution in [1.29, 1.82) is 0 Å². The van der Waals surface area contributed by atoms with E-state index in [4.69, 9.17) is 14.2 Å². The summed E-state index contributed by atoms with van der Waals surface area (Å²) in [6, 6.07) is 16.7. The third-order valence-electron chi connectivity index (χ3n) is 6.21. The average Bonchev–Trinajstić information content (AvgIpc) is 3.47. The Balaban J connectivity index is 1.71. The van der Waals surface area contributed by atoms with E-state index in [1.165, 1.54) is 0 Å². The molecule has 3 aromatic rings. The molecule has 0 fully saturated rings.